The molecule has 1 aliphatic rings. The molecule has 108 valence electrons. The number of nitrogens with zero attached hydrogens (tertiary/aromatic N) is 3. The van der Waals surface area contributed by atoms with Gasteiger partial charge in [0.15, 0.2) is 0 Å². The lowest BCUT2D eigenvalue weighted by molar-refractivity contribution is 0.198. The number of aromatic nitrogens is 2. The first kappa shape index (κ1) is 14.8. The van der Waals surface area contributed by atoms with Crippen molar-refractivity contribution in [2.24, 2.45) is 0 Å². The van der Waals surface area contributed by atoms with Crippen LogP contribution in [0.1, 0.15) is 12.8 Å². The van der Waals surface area contributed by atoms with Crippen LogP contribution in [0.5, 0.6) is 0 Å². The van der Waals surface area contributed by atoms with Crippen molar-refractivity contribution in [2.75, 3.05) is 25.9 Å². The zero-order chi connectivity index (χ0) is 13.9. The molecule has 19 heavy (non-hydrogen) atoms. The number of likely N-dealkylation sites (tertiary alicyclic amines) is 1. The Morgan fingerprint density at radius 2 is 2.11 bits per heavy atom. The van der Waals surface area contributed by atoms with E-state index in [4.69, 9.17) is 11.6 Å². The molecule has 0 bridgehead atoms. The van der Waals surface area contributed by atoms with E-state index >= 15 is 0 Å². The molecule has 1 fully saturated rings. The SMILES string of the molecule is CS(=O)(=O)NC1CCN(CCn2cc(Cl)cn2)CC1. The van der Waals surface area contributed by atoms with Crippen molar-refractivity contribution in [3.63, 3.8) is 0 Å². The van der Waals surface area contributed by atoms with Gasteiger partial charge in [0.1, 0.15) is 0 Å². The molecule has 0 amide bonds. The molecule has 2 rings (SSSR count). The predicted octanol–water partition coefficient (Wildman–Crippen LogP) is 0.550. The second-order valence-electron chi connectivity index (χ2n) is 4.93. The quantitative estimate of drug-likeness (QED) is 0.863. The lowest BCUT2D eigenvalue weighted by Crippen LogP contribution is -2.45. The minimum atomic E-state index is -3.09. The highest BCUT2D eigenvalue weighted by Gasteiger charge is 2.21. The van der Waals surface area contributed by atoms with Crippen LogP contribution < -0.4 is 4.72 Å². The van der Waals surface area contributed by atoms with Crippen molar-refractivity contribution >= 4 is 21.6 Å². The highest BCUT2D eigenvalue weighted by Crippen LogP contribution is 2.11. The average molecular weight is 307 g/mol. The van der Waals surface area contributed by atoms with Crippen molar-refractivity contribution < 1.29 is 8.42 Å². The maximum Gasteiger partial charge on any atom is 0.208 e. The summed E-state index contributed by atoms with van der Waals surface area (Å²) in [4.78, 5) is 2.32. The van der Waals surface area contributed by atoms with Crippen LogP contribution >= 0.6 is 11.6 Å². The summed E-state index contributed by atoms with van der Waals surface area (Å²) in [5.74, 6) is 0. The Bertz CT molecular complexity index is 509. The van der Waals surface area contributed by atoms with E-state index in [1.165, 1.54) is 6.26 Å². The maximum atomic E-state index is 11.1. The Balaban J connectivity index is 1.71. The summed E-state index contributed by atoms with van der Waals surface area (Å²) in [6.45, 7) is 3.52. The number of rotatable bonds is 5. The lowest BCUT2D eigenvalue weighted by atomic mass is 10.1. The van der Waals surface area contributed by atoms with E-state index in [1.54, 1.807) is 12.4 Å². The highest BCUT2D eigenvalue weighted by molar-refractivity contribution is 7.88. The van der Waals surface area contributed by atoms with Gasteiger partial charge in [-0.2, -0.15) is 5.10 Å². The third-order valence-corrected chi connectivity index (χ3v) is 4.17. The molecule has 6 nitrogen and oxygen atoms in total. The van der Waals surface area contributed by atoms with E-state index in [1.807, 2.05) is 4.68 Å². The van der Waals surface area contributed by atoms with Gasteiger partial charge >= 0.3 is 0 Å². The molecule has 0 aliphatic carbocycles. The average Bonchev–Trinajstić information content (AvgIpc) is 2.72. The van der Waals surface area contributed by atoms with Gasteiger partial charge in [-0.1, -0.05) is 11.6 Å². The van der Waals surface area contributed by atoms with Gasteiger partial charge < -0.3 is 4.90 Å². The summed E-state index contributed by atoms with van der Waals surface area (Å²) >= 11 is 5.80. The Kier molecular flexibility index (Phi) is 4.83. The third kappa shape index (κ3) is 5.10. The normalized spacial score (nSPS) is 18.8. The molecule has 0 saturated carbocycles. The molecule has 0 radical (unpaired) electrons. The molecule has 1 saturated heterocycles. The molecule has 0 spiro atoms. The molecule has 0 atom stereocenters. The van der Waals surface area contributed by atoms with Crippen LogP contribution in [0.2, 0.25) is 5.02 Å². The Labute approximate surface area is 118 Å². The number of sulfonamides is 1. The van der Waals surface area contributed by atoms with Crippen LogP contribution in [-0.2, 0) is 16.6 Å². The van der Waals surface area contributed by atoms with Gasteiger partial charge in [-0.05, 0) is 25.9 Å². The summed E-state index contributed by atoms with van der Waals surface area (Å²) in [7, 11) is -3.09. The summed E-state index contributed by atoms with van der Waals surface area (Å²) in [5.41, 5.74) is 0. The second-order valence-corrected chi connectivity index (χ2v) is 7.14. The molecular formula is C11H19ClN4O2S. The van der Waals surface area contributed by atoms with Gasteiger partial charge in [0, 0.05) is 18.8 Å². The van der Waals surface area contributed by atoms with Gasteiger partial charge in [-0.25, -0.2) is 13.1 Å². The molecule has 8 heteroatoms. The second kappa shape index (κ2) is 6.21. The maximum absolute atomic E-state index is 11.1. The molecule has 1 N–H and O–H groups in total. The van der Waals surface area contributed by atoms with Crippen molar-refractivity contribution in [2.45, 2.75) is 25.4 Å². The van der Waals surface area contributed by atoms with Gasteiger partial charge in [0.05, 0.1) is 24.0 Å². The largest absolute Gasteiger partial charge is 0.301 e. The first-order chi connectivity index (χ1) is 8.92. The van der Waals surface area contributed by atoms with Crippen LogP contribution in [-0.4, -0.2) is 55.0 Å². The fourth-order valence-electron chi connectivity index (χ4n) is 2.28. The number of hydrogen-bond acceptors (Lipinski definition) is 4. The smallest absolute Gasteiger partial charge is 0.208 e. The van der Waals surface area contributed by atoms with Crippen molar-refractivity contribution in [3.05, 3.63) is 17.4 Å². The molecule has 1 aromatic heterocycles. The molecule has 0 unspecified atom stereocenters. The molecule has 0 aromatic carbocycles. The van der Waals surface area contributed by atoms with Gasteiger partial charge in [-0.15, -0.1) is 0 Å². The standard InChI is InChI=1S/C11H19ClN4O2S/c1-19(17,18)14-11-2-4-15(5-3-11)6-7-16-9-10(12)8-13-16/h8-9,11,14H,2-7H2,1H3. The van der Waals surface area contributed by atoms with Gasteiger partial charge in [0.25, 0.3) is 0 Å². The number of hydrogen-bond donors (Lipinski definition) is 1. The minimum Gasteiger partial charge on any atom is -0.301 e. The van der Waals surface area contributed by atoms with Crippen LogP contribution in [0.3, 0.4) is 0 Å². The minimum absolute atomic E-state index is 0.0744. The number of halogens is 1. The van der Waals surface area contributed by atoms with Crippen LogP contribution in [0.25, 0.3) is 0 Å². The van der Waals surface area contributed by atoms with E-state index in [0.29, 0.717) is 5.02 Å². The Morgan fingerprint density at radius 1 is 1.42 bits per heavy atom. The van der Waals surface area contributed by atoms with E-state index < -0.39 is 10.0 Å². The monoisotopic (exact) mass is 306 g/mol. The molecule has 1 aliphatic heterocycles. The van der Waals surface area contributed by atoms with Crippen LogP contribution in [0.15, 0.2) is 12.4 Å². The van der Waals surface area contributed by atoms with Crippen molar-refractivity contribution in [3.8, 4) is 0 Å². The topological polar surface area (TPSA) is 67.2 Å². The van der Waals surface area contributed by atoms with Crippen molar-refractivity contribution in [1.29, 1.82) is 0 Å². The molecule has 1 aromatic rings. The van der Waals surface area contributed by atoms with Crippen LogP contribution in [0, 0.1) is 0 Å². The molecular weight excluding hydrogens is 288 g/mol. The summed E-state index contributed by atoms with van der Waals surface area (Å²) in [6.07, 6.45) is 6.35. The Morgan fingerprint density at radius 3 is 2.63 bits per heavy atom. The third-order valence-electron chi connectivity index (χ3n) is 3.22. The fraction of sp³-hybridized carbons (Fsp3) is 0.727. The summed E-state index contributed by atoms with van der Waals surface area (Å²) < 4.78 is 26.8. The number of piperidine rings is 1. The molecule has 2 heterocycles. The van der Waals surface area contributed by atoms with E-state index in [0.717, 1.165) is 39.0 Å². The fourth-order valence-corrected chi connectivity index (χ4v) is 3.28. The van der Waals surface area contributed by atoms with Crippen LogP contribution in [0.4, 0.5) is 0 Å². The first-order valence-electron chi connectivity index (χ1n) is 6.30. The first-order valence-corrected chi connectivity index (χ1v) is 8.57. The van der Waals surface area contributed by atoms with Gasteiger partial charge in [0.2, 0.25) is 10.0 Å². The lowest BCUT2D eigenvalue weighted by Gasteiger charge is -2.31. The zero-order valence-electron chi connectivity index (χ0n) is 10.9. The predicted molar refractivity (Wildman–Crippen MR) is 74.7 cm³/mol. The highest BCUT2D eigenvalue weighted by atomic mass is 35.5. The van der Waals surface area contributed by atoms with E-state index in [9.17, 15) is 8.42 Å². The zero-order valence-corrected chi connectivity index (χ0v) is 12.5. The summed E-state index contributed by atoms with van der Waals surface area (Å²) in [5, 5.41) is 4.78. The van der Waals surface area contributed by atoms with E-state index in [-0.39, 0.29) is 6.04 Å². The summed E-state index contributed by atoms with van der Waals surface area (Å²) in [6, 6.07) is 0.0744. The Hall–Kier alpha value is -0.630. The number of nitrogens with one attached hydrogen (secondary N) is 1. The van der Waals surface area contributed by atoms with Gasteiger partial charge in [-0.3, -0.25) is 4.68 Å². The van der Waals surface area contributed by atoms with Crippen molar-refractivity contribution in [1.82, 2.24) is 19.4 Å². The van der Waals surface area contributed by atoms with E-state index in [2.05, 4.69) is 14.7 Å².